The van der Waals surface area contributed by atoms with Crippen LogP contribution >= 0.6 is 0 Å². The van der Waals surface area contributed by atoms with Crippen molar-refractivity contribution in [2.24, 2.45) is 10.9 Å². The highest BCUT2D eigenvalue weighted by molar-refractivity contribution is 5.88. The van der Waals surface area contributed by atoms with E-state index in [1.807, 2.05) is 12.1 Å². The fraction of sp³-hybridized carbons (Fsp3) is 0.625. The van der Waals surface area contributed by atoms with Gasteiger partial charge in [-0.1, -0.05) is 0 Å². The molecule has 1 aromatic heterocycles. The van der Waals surface area contributed by atoms with E-state index in [0.717, 1.165) is 100.0 Å². The standard InChI is InChI=1S/C24H38N4O4/c1-25-24(27-10-5-11-32-17-18-7-12-31-13-8-18)26-9-4-6-19-14-21-22(28-19)15-20(29-2)16-23(21)30-3/h14-16,18,28H,4-13,17H2,1-3H3,(H2,25,26,27). The van der Waals surface area contributed by atoms with Gasteiger partial charge in [0.05, 0.1) is 19.7 Å². The number of aromatic amines is 1. The predicted octanol–water partition coefficient (Wildman–Crippen LogP) is 3.12. The molecule has 2 aromatic rings. The Kier molecular flexibility index (Phi) is 9.97. The number of methoxy groups -OCH3 is 2. The number of benzene rings is 1. The summed E-state index contributed by atoms with van der Waals surface area (Å²) in [6.07, 6.45) is 5.12. The number of ether oxygens (including phenoxy) is 4. The molecule has 1 aliphatic rings. The molecule has 0 bridgehead atoms. The van der Waals surface area contributed by atoms with Gasteiger partial charge in [0.15, 0.2) is 5.96 Å². The third-order valence-electron chi connectivity index (χ3n) is 5.78. The second kappa shape index (κ2) is 13.2. The molecule has 0 aliphatic carbocycles. The zero-order valence-corrected chi connectivity index (χ0v) is 19.7. The van der Waals surface area contributed by atoms with E-state index in [1.54, 1.807) is 21.3 Å². The van der Waals surface area contributed by atoms with Gasteiger partial charge in [-0.15, -0.1) is 0 Å². The van der Waals surface area contributed by atoms with Crippen LogP contribution in [0.4, 0.5) is 0 Å². The molecule has 1 aromatic carbocycles. The maximum Gasteiger partial charge on any atom is 0.190 e. The Morgan fingerprint density at radius 1 is 1.09 bits per heavy atom. The van der Waals surface area contributed by atoms with Crippen LogP contribution in [0.3, 0.4) is 0 Å². The number of H-pyrrole nitrogens is 1. The van der Waals surface area contributed by atoms with Gasteiger partial charge in [0, 0.05) is 69.8 Å². The molecule has 3 N–H and O–H groups in total. The van der Waals surface area contributed by atoms with Crippen LogP contribution in [0.5, 0.6) is 11.5 Å². The first-order valence-electron chi connectivity index (χ1n) is 11.6. The number of aryl methyl sites for hydroxylation is 1. The maximum atomic E-state index is 5.82. The third-order valence-corrected chi connectivity index (χ3v) is 5.78. The van der Waals surface area contributed by atoms with Crippen molar-refractivity contribution in [3.05, 3.63) is 23.9 Å². The second-order valence-corrected chi connectivity index (χ2v) is 8.10. The number of aliphatic imine (C=N–C) groups is 1. The van der Waals surface area contributed by atoms with E-state index in [2.05, 4.69) is 26.7 Å². The molecule has 0 unspecified atom stereocenters. The topological polar surface area (TPSA) is 89.1 Å². The van der Waals surface area contributed by atoms with Crippen molar-refractivity contribution in [3.63, 3.8) is 0 Å². The first-order valence-corrected chi connectivity index (χ1v) is 11.6. The highest BCUT2D eigenvalue weighted by Crippen LogP contribution is 2.31. The summed E-state index contributed by atoms with van der Waals surface area (Å²) in [5.74, 6) is 3.10. The van der Waals surface area contributed by atoms with E-state index in [0.29, 0.717) is 5.92 Å². The summed E-state index contributed by atoms with van der Waals surface area (Å²) >= 11 is 0. The highest BCUT2D eigenvalue weighted by Gasteiger charge is 2.13. The minimum absolute atomic E-state index is 0.659. The van der Waals surface area contributed by atoms with Gasteiger partial charge in [-0.25, -0.2) is 0 Å². The molecule has 0 amide bonds. The van der Waals surface area contributed by atoms with Crippen molar-refractivity contribution in [3.8, 4) is 11.5 Å². The van der Waals surface area contributed by atoms with E-state index >= 15 is 0 Å². The number of hydrogen-bond donors (Lipinski definition) is 3. The average molecular weight is 447 g/mol. The van der Waals surface area contributed by atoms with Gasteiger partial charge >= 0.3 is 0 Å². The third kappa shape index (κ3) is 7.31. The number of nitrogens with one attached hydrogen (secondary N) is 3. The maximum absolute atomic E-state index is 5.82. The molecule has 1 aliphatic heterocycles. The summed E-state index contributed by atoms with van der Waals surface area (Å²) in [6.45, 7) is 5.06. The predicted molar refractivity (Wildman–Crippen MR) is 128 cm³/mol. The first kappa shape index (κ1) is 24.2. The van der Waals surface area contributed by atoms with Crippen molar-refractivity contribution >= 4 is 16.9 Å². The zero-order valence-electron chi connectivity index (χ0n) is 19.7. The first-order chi connectivity index (χ1) is 15.7. The fourth-order valence-electron chi connectivity index (χ4n) is 3.91. The number of rotatable bonds is 12. The van der Waals surface area contributed by atoms with Gasteiger partial charge in [-0.05, 0) is 44.1 Å². The monoisotopic (exact) mass is 446 g/mol. The number of nitrogens with zero attached hydrogens (tertiary/aromatic N) is 1. The van der Waals surface area contributed by atoms with Gasteiger partial charge < -0.3 is 34.6 Å². The van der Waals surface area contributed by atoms with Crippen LogP contribution in [0, 0.1) is 5.92 Å². The van der Waals surface area contributed by atoms with Crippen LogP contribution in [0.1, 0.15) is 31.4 Å². The lowest BCUT2D eigenvalue weighted by molar-refractivity contribution is 0.0203. The molecule has 3 rings (SSSR count). The molecule has 0 spiro atoms. The van der Waals surface area contributed by atoms with Crippen LogP contribution in [0.25, 0.3) is 10.9 Å². The Balaban J connectivity index is 1.31. The van der Waals surface area contributed by atoms with Gasteiger partial charge in [0.2, 0.25) is 0 Å². The van der Waals surface area contributed by atoms with E-state index in [-0.39, 0.29) is 0 Å². The van der Waals surface area contributed by atoms with Gasteiger partial charge in [0.25, 0.3) is 0 Å². The SMILES string of the molecule is CN=C(NCCCOCC1CCOCC1)NCCCc1cc2c(OC)cc(OC)cc2[nH]1. The highest BCUT2D eigenvalue weighted by atomic mass is 16.5. The molecule has 0 atom stereocenters. The quantitative estimate of drug-likeness (QED) is 0.264. The largest absolute Gasteiger partial charge is 0.497 e. The van der Waals surface area contributed by atoms with Gasteiger partial charge in [-0.2, -0.15) is 0 Å². The fourth-order valence-corrected chi connectivity index (χ4v) is 3.91. The Morgan fingerprint density at radius 2 is 1.88 bits per heavy atom. The number of aromatic nitrogens is 1. The lowest BCUT2D eigenvalue weighted by atomic mass is 10.0. The Bertz CT molecular complexity index is 846. The summed E-state index contributed by atoms with van der Waals surface area (Å²) in [5.41, 5.74) is 2.21. The molecular formula is C24H38N4O4. The molecule has 0 radical (unpaired) electrons. The van der Waals surface area contributed by atoms with Crippen molar-refractivity contribution in [2.75, 3.05) is 60.8 Å². The van der Waals surface area contributed by atoms with Crippen LogP contribution in [-0.4, -0.2) is 71.7 Å². The van der Waals surface area contributed by atoms with Gasteiger partial charge in [-0.3, -0.25) is 4.99 Å². The lowest BCUT2D eigenvalue weighted by Crippen LogP contribution is -2.38. The molecule has 8 heteroatoms. The normalized spacial score (nSPS) is 15.2. The second-order valence-electron chi connectivity index (χ2n) is 8.10. The van der Waals surface area contributed by atoms with E-state index in [1.165, 1.54) is 5.69 Å². The molecule has 2 heterocycles. The molecule has 1 saturated heterocycles. The summed E-state index contributed by atoms with van der Waals surface area (Å²) in [4.78, 5) is 7.77. The molecule has 8 nitrogen and oxygen atoms in total. The Morgan fingerprint density at radius 3 is 2.59 bits per heavy atom. The lowest BCUT2D eigenvalue weighted by Gasteiger charge is -2.21. The molecule has 178 valence electrons. The van der Waals surface area contributed by atoms with Crippen LogP contribution in [-0.2, 0) is 15.9 Å². The van der Waals surface area contributed by atoms with Crippen LogP contribution in [0.15, 0.2) is 23.2 Å². The summed E-state index contributed by atoms with van der Waals surface area (Å²) in [5, 5.41) is 7.82. The minimum atomic E-state index is 0.659. The smallest absolute Gasteiger partial charge is 0.190 e. The number of guanidine groups is 1. The minimum Gasteiger partial charge on any atom is -0.497 e. The van der Waals surface area contributed by atoms with Crippen molar-refractivity contribution in [2.45, 2.75) is 32.1 Å². The summed E-state index contributed by atoms with van der Waals surface area (Å²) < 4.78 is 22.0. The van der Waals surface area contributed by atoms with Crippen LogP contribution in [0.2, 0.25) is 0 Å². The number of fused-ring (bicyclic) bond motifs is 1. The Labute approximate surface area is 191 Å². The summed E-state index contributed by atoms with van der Waals surface area (Å²) in [7, 11) is 5.15. The zero-order chi connectivity index (χ0) is 22.6. The molecule has 0 saturated carbocycles. The number of hydrogen-bond acceptors (Lipinski definition) is 5. The Hall–Kier alpha value is -2.45. The molecule has 32 heavy (non-hydrogen) atoms. The van der Waals surface area contributed by atoms with Gasteiger partial charge in [0.1, 0.15) is 11.5 Å². The van der Waals surface area contributed by atoms with E-state index < -0.39 is 0 Å². The summed E-state index contributed by atoms with van der Waals surface area (Å²) in [6, 6.07) is 6.06. The molecule has 1 fully saturated rings. The van der Waals surface area contributed by atoms with Crippen molar-refractivity contribution in [1.82, 2.24) is 15.6 Å². The average Bonchev–Trinajstić information content (AvgIpc) is 3.25. The van der Waals surface area contributed by atoms with E-state index in [4.69, 9.17) is 18.9 Å². The van der Waals surface area contributed by atoms with E-state index in [9.17, 15) is 0 Å². The van der Waals surface area contributed by atoms with Crippen molar-refractivity contribution in [1.29, 1.82) is 0 Å². The van der Waals surface area contributed by atoms with Crippen LogP contribution < -0.4 is 20.1 Å². The van der Waals surface area contributed by atoms with Crippen molar-refractivity contribution < 1.29 is 18.9 Å². The molecular weight excluding hydrogens is 408 g/mol.